The predicted molar refractivity (Wildman–Crippen MR) is 76.5 cm³/mol. The number of ether oxygens (including phenoxy) is 1. The zero-order chi connectivity index (χ0) is 15.0. The number of non-ortho nitro benzene ring substituents is 1. The van der Waals surface area contributed by atoms with E-state index < -0.39 is 4.92 Å². The van der Waals surface area contributed by atoms with Crippen LogP contribution in [0.25, 0.3) is 11.0 Å². The normalized spacial score (nSPS) is 10.8. The summed E-state index contributed by atoms with van der Waals surface area (Å²) in [4.78, 5) is 21.7. The number of fused-ring (bicyclic) bond motifs is 1. The molecule has 3 rings (SSSR count). The molecule has 7 heteroatoms. The van der Waals surface area contributed by atoms with Gasteiger partial charge in [0.2, 0.25) is 5.88 Å². The highest BCUT2D eigenvalue weighted by Crippen LogP contribution is 2.31. The van der Waals surface area contributed by atoms with Crippen LogP contribution in [-0.2, 0) is 0 Å². The monoisotopic (exact) mass is 284 g/mol. The Morgan fingerprint density at radius 1 is 1.19 bits per heavy atom. The van der Waals surface area contributed by atoms with Crippen LogP contribution in [0.1, 0.15) is 11.3 Å². The average molecular weight is 284 g/mol. The molecule has 0 fully saturated rings. The first-order valence-corrected chi connectivity index (χ1v) is 6.28. The molecule has 21 heavy (non-hydrogen) atoms. The third-order valence-corrected chi connectivity index (χ3v) is 3.32. The lowest BCUT2D eigenvalue weighted by Gasteiger charge is -2.05. The van der Waals surface area contributed by atoms with Crippen LogP contribution in [0, 0.1) is 24.0 Å². The largest absolute Gasteiger partial charge is 0.438 e. The second-order valence-corrected chi connectivity index (χ2v) is 4.63. The van der Waals surface area contributed by atoms with Crippen molar-refractivity contribution in [2.45, 2.75) is 13.8 Å². The summed E-state index contributed by atoms with van der Waals surface area (Å²) in [5.74, 6) is 0.912. The number of nitro benzene ring substituents is 1. The molecule has 2 heterocycles. The maximum Gasteiger partial charge on any atom is 0.269 e. The fourth-order valence-electron chi connectivity index (χ4n) is 2.09. The number of benzene rings is 1. The summed E-state index contributed by atoms with van der Waals surface area (Å²) >= 11 is 0. The van der Waals surface area contributed by atoms with Crippen LogP contribution in [-0.4, -0.2) is 19.9 Å². The molecule has 0 saturated heterocycles. The lowest BCUT2D eigenvalue weighted by atomic mass is 10.2. The van der Waals surface area contributed by atoms with Crippen molar-refractivity contribution in [3.05, 3.63) is 52.0 Å². The van der Waals surface area contributed by atoms with Gasteiger partial charge in [0.25, 0.3) is 5.69 Å². The van der Waals surface area contributed by atoms with Crippen LogP contribution in [0.4, 0.5) is 5.69 Å². The number of hydrogen-bond acceptors (Lipinski definition) is 5. The predicted octanol–water partition coefficient (Wildman–Crippen LogP) is 3.28. The molecule has 0 atom stereocenters. The minimum Gasteiger partial charge on any atom is -0.438 e. The van der Waals surface area contributed by atoms with Gasteiger partial charge in [-0.1, -0.05) is 0 Å². The zero-order valence-electron chi connectivity index (χ0n) is 11.5. The number of nitrogens with one attached hydrogen (secondary N) is 1. The average Bonchev–Trinajstić information content (AvgIpc) is 2.76. The van der Waals surface area contributed by atoms with Crippen molar-refractivity contribution in [1.29, 1.82) is 0 Å². The number of nitrogens with zero attached hydrogens (tertiary/aromatic N) is 3. The van der Waals surface area contributed by atoms with Crippen LogP contribution < -0.4 is 4.74 Å². The molecule has 1 N–H and O–H groups in total. The Kier molecular flexibility index (Phi) is 3.02. The number of rotatable bonds is 3. The molecule has 0 radical (unpaired) electrons. The number of H-pyrrole nitrogens is 1. The molecule has 0 aliphatic heterocycles. The van der Waals surface area contributed by atoms with E-state index in [-0.39, 0.29) is 5.69 Å². The smallest absolute Gasteiger partial charge is 0.269 e. The van der Waals surface area contributed by atoms with E-state index in [1.54, 1.807) is 12.1 Å². The summed E-state index contributed by atoms with van der Waals surface area (Å²) in [6.07, 6.45) is 1.42. The van der Waals surface area contributed by atoms with Crippen LogP contribution in [0.5, 0.6) is 11.6 Å². The van der Waals surface area contributed by atoms with Crippen molar-refractivity contribution in [1.82, 2.24) is 15.0 Å². The van der Waals surface area contributed by atoms with Gasteiger partial charge in [0.05, 0.1) is 10.3 Å². The highest BCUT2D eigenvalue weighted by molar-refractivity contribution is 5.85. The molecule has 106 valence electrons. The Morgan fingerprint density at radius 2 is 1.90 bits per heavy atom. The van der Waals surface area contributed by atoms with Gasteiger partial charge < -0.3 is 9.72 Å². The summed E-state index contributed by atoms with van der Waals surface area (Å²) in [6.45, 7) is 3.91. The molecular weight excluding hydrogens is 272 g/mol. The highest BCUT2D eigenvalue weighted by atomic mass is 16.6. The molecule has 0 saturated carbocycles. The van der Waals surface area contributed by atoms with Crippen molar-refractivity contribution in [2.75, 3.05) is 0 Å². The van der Waals surface area contributed by atoms with Crippen molar-refractivity contribution in [3.8, 4) is 11.6 Å². The molecule has 0 bridgehead atoms. The van der Waals surface area contributed by atoms with E-state index >= 15 is 0 Å². The van der Waals surface area contributed by atoms with Gasteiger partial charge in [-0.25, -0.2) is 9.97 Å². The molecule has 0 spiro atoms. The Labute approximate surface area is 119 Å². The fraction of sp³-hybridized carbons (Fsp3) is 0.143. The summed E-state index contributed by atoms with van der Waals surface area (Å²) in [7, 11) is 0. The maximum absolute atomic E-state index is 10.6. The minimum atomic E-state index is -0.452. The third kappa shape index (κ3) is 2.29. The van der Waals surface area contributed by atoms with E-state index in [2.05, 4.69) is 15.0 Å². The van der Waals surface area contributed by atoms with Gasteiger partial charge in [-0.15, -0.1) is 0 Å². The maximum atomic E-state index is 10.6. The quantitative estimate of drug-likeness (QED) is 0.588. The molecule has 7 nitrogen and oxygen atoms in total. The van der Waals surface area contributed by atoms with E-state index in [0.717, 1.165) is 16.6 Å². The molecule has 0 amide bonds. The van der Waals surface area contributed by atoms with E-state index in [1.165, 1.54) is 18.5 Å². The van der Waals surface area contributed by atoms with Gasteiger partial charge in [-0.3, -0.25) is 10.1 Å². The highest BCUT2D eigenvalue weighted by Gasteiger charge is 2.13. The molecule has 0 aliphatic rings. The Morgan fingerprint density at radius 3 is 2.57 bits per heavy atom. The SMILES string of the molecule is Cc1[nH]c2ncnc(Oc3ccc([N+](=O)[O-])cc3)c2c1C. The van der Waals surface area contributed by atoms with Crippen LogP contribution in [0.3, 0.4) is 0 Å². The van der Waals surface area contributed by atoms with E-state index in [9.17, 15) is 10.1 Å². The van der Waals surface area contributed by atoms with E-state index in [1.807, 2.05) is 13.8 Å². The van der Waals surface area contributed by atoms with Gasteiger partial charge in [-0.05, 0) is 31.5 Å². The van der Waals surface area contributed by atoms with Gasteiger partial charge in [-0.2, -0.15) is 0 Å². The number of aryl methyl sites for hydroxylation is 2. The Balaban J connectivity index is 2.00. The standard InChI is InChI=1S/C14H12N4O3/c1-8-9(2)17-13-12(8)14(16-7-15-13)21-11-5-3-10(4-6-11)18(19)20/h3-7H,1-2H3,(H,15,16,17). The number of aromatic nitrogens is 3. The molecule has 0 aliphatic carbocycles. The molecular formula is C14H12N4O3. The van der Waals surface area contributed by atoms with Crippen LogP contribution in [0.15, 0.2) is 30.6 Å². The lowest BCUT2D eigenvalue weighted by Crippen LogP contribution is -1.92. The van der Waals surface area contributed by atoms with Crippen molar-refractivity contribution < 1.29 is 9.66 Å². The lowest BCUT2D eigenvalue weighted by molar-refractivity contribution is -0.384. The van der Waals surface area contributed by atoms with Crippen LogP contribution >= 0.6 is 0 Å². The van der Waals surface area contributed by atoms with E-state index in [0.29, 0.717) is 17.3 Å². The summed E-state index contributed by atoms with van der Waals surface area (Å²) in [5.41, 5.74) is 2.74. The molecule has 3 aromatic rings. The molecule has 0 unspecified atom stereocenters. The van der Waals surface area contributed by atoms with Gasteiger partial charge in [0.1, 0.15) is 17.7 Å². The van der Waals surface area contributed by atoms with Crippen molar-refractivity contribution in [2.24, 2.45) is 0 Å². The summed E-state index contributed by atoms with van der Waals surface area (Å²) in [5, 5.41) is 11.4. The summed E-state index contributed by atoms with van der Waals surface area (Å²) in [6, 6.07) is 5.87. The van der Waals surface area contributed by atoms with Crippen molar-refractivity contribution >= 4 is 16.7 Å². The second kappa shape index (κ2) is 4.86. The number of aromatic amines is 1. The van der Waals surface area contributed by atoms with Gasteiger partial charge >= 0.3 is 0 Å². The zero-order valence-corrected chi connectivity index (χ0v) is 11.5. The Hall–Kier alpha value is -2.96. The first-order valence-electron chi connectivity index (χ1n) is 6.28. The number of hydrogen-bond donors (Lipinski definition) is 1. The van der Waals surface area contributed by atoms with Gasteiger partial charge in [0.15, 0.2) is 0 Å². The topological polar surface area (TPSA) is 93.9 Å². The van der Waals surface area contributed by atoms with Gasteiger partial charge in [0, 0.05) is 17.8 Å². The molecule has 2 aromatic heterocycles. The van der Waals surface area contributed by atoms with Crippen molar-refractivity contribution in [3.63, 3.8) is 0 Å². The second-order valence-electron chi connectivity index (χ2n) is 4.63. The third-order valence-electron chi connectivity index (χ3n) is 3.32. The minimum absolute atomic E-state index is 0.0175. The molecule has 1 aromatic carbocycles. The first kappa shape index (κ1) is 13.0. The van der Waals surface area contributed by atoms with E-state index in [4.69, 9.17) is 4.74 Å². The first-order chi connectivity index (χ1) is 10.1. The van der Waals surface area contributed by atoms with Crippen LogP contribution in [0.2, 0.25) is 0 Å². The summed E-state index contributed by atoms with van der Waals surface area (Å²) < 4.78 is 5.73. The number of nitro groups is 1. The fourth-order valence-corrected chi connectivity index (χ4v) is 2.09. The Bertz CT molecular complexity index is 824.